The Labute approximate surface area is 137 Å². The summed E-state index contributed by atoms with van der Waals surface area (Å²) in [7, 11) is 0. The van der Waals surface area contributed by atoms with Crippen molar-refractivity contribution < 1.29 is 13.9 Å². The topological polar surface area (TPSA) is 39.2 Å². The minimum Gasteiger partial charge on any atom is -0.461 e. The zero-order chi connectivity index (χ0) is 16.2. The molecule has 23 heavy (non-hydrogen) atoms. The van der Waals surface area contributed by atoms with Gasteiger partial charge in [-0.25, -0.2) is 9.18 Å². The van der Waals surface area contributed by atoms with Gasteiger partial charge >= 0.3 is 5.97 Å². The van der Waals surface area contributed by atoms with E-state index < -0.39 is 5.97 Å². The lowest BCUT2D eigenvalue weighted by molar-refractivity contribution is 0.0506. The predicted molar refractivity (Wildman–Crippen MR) is 89.4 cm³/mol. The predicted octanol–water partition coefficient (Wildman–Crippen LogP) is 4.53. The van der Waals surface area contributed by atoms with Crippen LogP contribution in [-0.4, -0.2) is 17.6 Å². The van der Waals surface area contributed by atoms with Crippen molar-refractivity contribution in [3.63, 3.8) is 0 Å². The molecule has 118 valence electrons. The second-order valence-electron chi connectivity index (χ2n) is 5.27. The van der Waals surface area contributed by atoms with Gasteiger partial charge in [0.05, 0.1) is 6.61 Å². The van der Waals surface area contributed by atoms with Gasteiger partial charge in [0.1, 0.15) is 10.7 Å². The quantitative estimate of drug-likeness (QED) is 0.510. The third-order valence-corrected chi connectivity index (χ3v) is 4.55. The third kappa shape index (κ3) is 3.74. The number of carbonyl (C=O) groups excluding carboxylic acids is 1. The molecule has 0 fully saturated rings. The number of rotatable bonds is 5. The molecule has 0 radical (unpaired) electrons. The number of aromatic nitrogens is 1. The molecule has 0 aliphatic rings. The highest BCUT2D eigenvalue weighted by Gasteiger charge is 2.13. The van der Waals surface area contributed by atoms with E-state index in [0.717, 1.165) is 22.5 Å². The van der Waals surface area contributed by atoms with Crippen molar-refractivity contribution in [2.75, 3.05) is 6.61 Å². The van der Waals surface area contributed by atoms with E-state index in [4.69, 9.17) is 4.74 Å². The first-order valence-corrected chi connectivity index (χ1v) is 8.23. The summed E-state index contributed by atoms with van der Waals surface area (Å²) in [6.45, 7) is 2.27. The van der Waals surface area contributed by atoms with E-state index in [2.05, 4.69) is 4.98 Å². The van der Waals surface area contributed by atoms with Crippen LogP contribution < -0.4 is 0 Å². The van der Waals surface area contributed by atoms with Gasteiger partial charge < -0.3 is 4.74 Å². The zero-order valence-electron chi connectivity index (χ0n) is 12.7. The maximum Gasteiger partial charge on any atom is 0.348 e. The molecule has 0 spiro atoms. The molecular weight excluding hydrogens is 313 g/mol. The van der Waals surface area contributed by atoms with Crippen molar-refractivity contribution >= 4 is 27.4 Å². The summed E-state index contributed by atoms with van der Waals surface area (Å²) in [5.74, 6) is -0.717. The van der Waals surface area contributed by atoms with Crippen LogP contribution in [0.3, 0.4) is 0 Å². The highest BCUT2D eigenvalue weighted by molar-refractivity contribution is 7.20. The minimum atomic E-state index is -0.400. The van der Waals surface area contributed by atoms with Gasteiger partial charge in [0.2, 0.25) is 0 Å². The van der Waals surface area contributed by atoms with E-state index in [1.165, 1.54) is 17.4 Å². The number of hydrogen-bond acceptors (Lipinski definition) is 4. The van der Waals surface area contributed by atoms with Crippen LogP contribution in [-0.2, 0) is 11.2 Å². The van der Waals surface area contributed by atoms with Crippen LogP contribution in [0.2, 0.25) is 0 Å². The summed E-state index contributed by atoms with van der Waals surface area (Å²) in [5, 5.41) is 0.466. The van der Waals surface area contributed by atoms with Crippen molar-refractivity contribution in [2.45, 2.75) is 19.8 Å². The number of thiophene rings is 1. The number of benzene rings is 1. The Bertz CT molecular complexity index is 844. The standard InChI is InChI=1S/C18H16FNO2S/c1-12-5-2-6-13(20-12)7-4-10-22-18(21)17-11-14-15(19)8-3-9-16(14)23-17/h2-3,5-6,8-9,11H,4,7,10H2,1H3. The number of aryl methyl sites for hydroxylation is 2. The molecule has 3 rings (SSSR count). The van der Waals surface area contributed by atoms with Gasteiger partial charge in [-0.2, -0.15) is 0 Å². The maximum absolute atomic E-state index is 13.6. The van der Waals surface area contributed by atoms with E-state index >= 15 is 0 Å². The first kappa shape index (κ1) is 15.6. The lowest BCUT2D eigenvalue weighted by Crippen LogP contribution is -2.05. The summed E-state index contributed by atoms with van der Waals surface area (Å²) in [6.07, 6.45) is 1.47. The molecule has 1 aromatic carbocycles. The number of pyridine rings is 1. The van der Waals surface area contributed by atoms with Crippen LogP contribution in [0.15, 0.2) is 42.5 Å². The fourth-order valence-electron chi connectivity index (χ4n) is 2.35. The van der Waals surface area contributed by atoms with Gasteiger partial charge in [-0.15, -0.1) is 11.3 Å². The van der Waals surface area contributed by atoms with Crippen molar-refractivity contribution in [2.24, 2.45) is 0 Å². The van der Waals surface area contributed by atoms with Crippen LogP contribution in [0.1, 0.15) is 27.5 Å². The maximum atomic E-state index is 13.6. The summed E-state index contributed by atoms with van der Waals surface area (Å²) >= 11 is 1.25. The molecule has 0 aliphatic heterocycles. The molecule has 0 saturated heterocycles. The van der Waals surface area contributed by atoms with Crippen molar-refractivity contribution in [3.05, 3.63) is 64.5 Å². The average molecular weight is 329 g/mol. The van der Waals surface area contributed by atoms with Gasteiger partial charge in [-0.3, -0.25) is 4.98 Å². The number of hydrogen-bond donors (Lipinski definition) is 0. The highest BCUT2D eigenvalue weighted by Crippen LogP contribution is 2.28. The van der Waals surface area contributed by atoms with E-state index in [-0.39, 0.29) is 5.82 Å². The fraction of sp³-hybridized carbons (Fsp3) is 0.222. The van der Waals surface area contributed by atoms with E-state index in [1.54, 1.807) is 18.2 Å². The first-order chi connectivity index (χ1) is 11.1. The van der Waals surface area contributed by atoms with Gasteiger partial charge in [-0.05, 0) is 50.1 Å². The van der Waals surface area contributed by atoms with Crippen LogP contribution >= 0.6 is 11.3 Å². The molecule has 3 nitrogen and oxygen atoms in total. The number of carbonyl (C=O) groups is 1. The lowest BCUT2D eigenvalue weighted by Gasteiger charge is -2.03. The molecule has 2 heterocycles. The SMILES string of the molecule is Cc1cccc(CCCOC(=O)c2cc3c(F)cccc3s2)n1. The largest absolute Gasteiger partial charge is 0.461 e. The number of fused-ring (bicyclic) bond motifs is 1. The minimum absolute atomic E-state index is 0.316. The number of esters is 1. The second-order valence-corrected chi connectivity index (χ2v) is 6.36. The Balaban J connectivity index is 1.55. The molecule has 0 N–H and O–H groups in total. The molecule has 2 aromatic heterocycles. The molecule has 0 atom stereocenters. The molecule has 5 heteroatoms. The Morgan fingerprint density at radius 2 is 2.09 bits per heavy atom. The number of ether oxygens (including phenoxy) is 1. The van der Waals surface area contributed by atoms with E-state index in [9.17, 15) is 9.18 Å². The van der Waals surface area contributed by atoms with Gasteiger partial charge in [0.15, 0.2) is 0 Å². The summed E-state index contributed by atoms with van der Waals surface area (Å²) in [6, 6.07) is 12.3. The summed E-state index contributed by atoms with van der Waals surface area (Å²) in [4.78, 5) is 16.9. The monoisotopic (exact) mass is 329 g/mol. The molecule has 0 aliphatic carbocycles. The van der Waals surface area contributed by atoms with Crippen LogP contribution in [0.4, 0.5) is 4.39 Å². The van der Waals surface area contributed by atoms with Gasteiger partial charge in [-0.1, -0.05) is 12.1 Å². The normalized spacial score (nSPS) is 10.9. The van der Waals surface area contributed by atoms with E-state index in [1.807, 2.05) is 25.1 Å². The Hall–Kier alpha value is -2.27. The van der Waals surface area contributed by atoms with Gasteiger partial charge in [0.25, 0.3) is 0 Å². The molecule has 0 amide bonds. The lowest BCUT2D eigenvalue weighted by atomic mass is 10.2. The Morgan fingerprint density at radius 3 is 2.87 bits per heavy atom. The van der Waals surface area contributed by atoms with Crippen molar-refractivity contribution in [1.29, 1.82) is 0 Å². The Morgan fingerprint density at radius 1 is 1.26 bits per heavy atom. The second kappa shape index (κ2) is 6.87. The van der Waals surface area contributed by atoms with Crippen LogP contribution in [0.5, 0.6) is 0 Å². The molecule has 0 saturated carbocycles. The van der Waals surface area contributed by atoms with E-state index in [0.29, 0.717) is 23.3 Å². The van der Waals surface area contributed by atoms with Crippen molar-refractivity contribution in [3.8, 4) is 0 Å². The third-order valence-electron chi connectivity index (χ3n) is 3.47. The Kier molecular flexibility index (Phi) is 4.67. The molecule has 0 bridgehead atoms. The average Bonchev–Trinajstić information content (AvgIpc) is 2.97. The first-order valence-electron chi connectivity index (χ1n) is 7.41. The van der Waals surface area contributed by atoms with Crippen LogP contribution in [0.25, 0.3) is 10.1 Å². The fourth-order valence-corrected chi connectivity index (χ4v) is 3.32. The molecule has 3 aromatic rings. The molecule has 0 unspecified atom stereocenters. The molecular formula is C18H16FNO2S. The zero-order valence-corrected chi connectivity index (χ0v) is 13.5. The smallest absolute Gasteiger partial charge is 0.348 e. The summed E-state index contributed by atoms with van der Waals surface area (Å²) in [5.41, 5.74) is 1.97. The number of nitrogens with zero attached hydrogens (tertiary/aromatic N) is 1. The summed E-state index contributed by atoms with van der Waals surface area (Å²) < 4.78 is 19.7. The van der Waals surface area contributed by atoms with Gasteiger partial charge in [0, 0.05) is 21.5 Å². The van der Waals surface area contributed by atoms with Crippen molar-refractivity contribution in [1.82, 2.24) is 4.98 Å². The number of halogens is 1. The van der Waals surface area contributed by atoms with Crippen LogP contribution in [0, 0.1) is 12.7 Å². The highest BCUT2D eigenvalue weighted by atomic mass is 32.1.